The number of alkyl halides is 3. The first-order valence-corrected chi connectivity index (χ1v) is 5.86. The van der Waals surface area contributed by atoms with Gasteiger partial charge in [-0.15, -0.1) is 23.4 Å². The second-order valence-corrected chi connectivity index (χ2v) is 3.82. The van der Waals surface area contributed by atoms with Crippen molar-refractivity contribution in [2.45, 2.75) is 13.3 Å². The third kappa shape index (κ3) is 3.71. The molecule has 22 heavy (non-hydrogen) atoms. The third-order valence-corrected chi connectivity index (χ3v) is 2.28. The Balaban J connectivity index is 2.32. The maximum absolute atomic E-state index is 13.7. The van der Waals surface area contributed by atoms with Crippen LogP contribution in [-0.4, -0.2) is 29.1 Å². The molecular formula is C12H8F4N2O4. The maximum Gasteiger partial charge on any atom is 0.573 e. The monoisotopic (exact) mass is 320 g/mol. The summed E-state index contributed by atoms with van der Waals surface area (Å²) in [6.45, 7) is 1.60. The number of hydrogen-bond acceptors (Lipinski definition) is 6. The van der Waals surface area contributed by atoms with Gasteiger partial charge >= 0.3 is 18.2 Å². The van der Waals surface area contributed by atoms with Crippen LogP contribution in [0.15, 0.2) is 22.6 Å². The van der Waals surface area contributed by atoms with Crippen molar-refractivity contribution in [3.05, 3.63) is 29.9 Å². The summed E-state index contributed by atoms with van der Waals surface area (Å²) < 4.78 is 63.2. The fraction of sp³-hybridized carbons (Fsp3) is 0.250. The summed E-state index contributed by atoms with van der Waals surface area (Å²) in [4.78, 5) is 11.3. The average molecular weight is 320 g/mol. The molecule has 0 amide bonds. The molecule has 1 heterocycles. The molecule has 1 aromatic heterocycles. The van der Waals surface area contributed by atoms with Crippen LogP contribution in [0.3, 0.4) is 0 Å². The van der Waals surface area contributed by atoms with Gasteiger partial charge in [-0.25, -0.2) is 9.18 Å². The molecule has 0 bridgehead atoms. The number of rotatable bonds is 4. The molecule has 0 N–H and O–H groups in total. The Morgan fingerprint density at radius 1 is 1.32 bits per heavy atom. The van der Waals surface area contributed by atoms with Gasteiger partial charge in [0.05, 0.1) is 12.2 Å². The van der Waals surface area contributed by atoms with Crippen LogP contribution in [-0.2, 0) is 4.74 Å². The highest BCUT2D eigenvalue weighted by molar-refractivity contribution is 5.84. The van der Waals surface area contributed by atoms with Crippen molar-refractivity contribution in [1.82, 2.24) is 10.2 Å². The number of aromatic nitrogens is 2. The van der Waals surface area contributed by atoms with Crippen molar-refractivity contribution >= 4 is 5.97 Å². The van der Waals surface area contributed by atoms with Gasteiger partial charge in [0, 0.05) is 0 Å². The van der Waals surface area contributed by atoms with E-state index in [0.717, 1.165) is 18.2 Å². The number of carbonyl (C=O) groups is 1. The molecule has 0 fully saturated rings. The molecule has 0 saturated carbocycles. The van der Waals surface area contributed by atoms with E-state index in [1.807, 2.05) is 0 Å². The van der Waals surface area contributed by atoms with Gasteiger partial charge in [0.1, 0.15) is 11.6 Å². The Bertz CT molecular complexity index is 684. The van der Waals surface area contributed by atoms with Gasteiger partial charge in [0.15, 0.2) is 0 Å². The first kappa shape index (κ1) is 15.7. The summed E-state index contributed by atoms with van der Waals surface area (Å²) in [6, 6.07) is 2.25. The van der Waals surface area contributed by atoms with Gasteiger partial charge in [-0.1, -0.05) is 0 Å². The number of carbonyl (C=O) groups excluding carboxylic acids is 1. The fourth-order valence-electron chi connectivity index (χ4n) is 1.47. The van der Waals surface area contributed by atoms with Crippen LogP contribution in [0.2, 0.25) is 0 Å². The molecule has 2 rings (SSSR count). The zero-order chi connectivity index (χ0) is 16.3. The Kier molecular flexibility index (Phi) is 4.29. The highest BCUT2D eigenvalue weighted by atomic mass is 19.4. The maximum atomic E-state index is 13.7. The quantitative estimate of drug-likeness (QED) is 0.637. The Morgan fingerprint density at radius 2 is 2.05 bits per heavy atom. The second-order valence-electron chi connectivity index (χ2n) is 3.82. The Morgan fingerprint density at radius 3 is 2.68 bits per heavy atom. The number of hydrogen-bond donors (Lipinski definition) is 0. The minimum absolute atomic E-state index is 0.0554. The van der Waals surface area contributed by atoms with Gasteiger partial charge in [-0.2, -0.15) is 0 Å². The molecule has 2 aromatic rings. The van der Waals surface area contributed by atoms with Gasteiger partial charge in [0.2, 0.25) is 0 Å². The van der Waals surface area contributed by atoms with E-state index in [-0.39, 0.29) is 6.61 Å². The molecule has 118 valence electrons. The van der Waals surface area contributed by atoms with Gasteiger partial charge in [0.25, 0.3) is 5.89 Å². The van der Waals surface area contributed by atoms with Crippen molar-refractivity contribution in [2.75, 3.05) is 6.61 Å². The zero-order valence-corrected chi connectivity index (χ0v) is 11.0. The summed E-state index contributed by atoms with van der Waals surface area (Å²) in [5.74, 6) is -3.54. The molecule has 1 aromatic carbocycles. The summed E-state index contributed by atoms with van der Waals surface area (Å²) in [5, 5.41) is 6.73. The number of benzene rings is 1. The van der Waals surface area contributed by atoms with E-state index in [0.29, 0.717) is 0 Å². The molecule has 6 nitrogen and oxygen atoms in total. The molecule has 0 aliphatic heterocycles. The molecule has 0 spiro atoms. The second kappa shape index (κ2) is 6.00. The lowest BCUT2D eigenvalue weighted by Gasteiger charge is -2.09. The molecule has 10 heteroatoms. The minimum atomic E-state index is -4.93. The van der Waals surface area contributed by atoms with E-state index in [1.54, 1.807) is 6.92 Å². The summed E-state index contributed by atoms with van der Waals surface area (Å²) in [7, 11) is 0. The van der Waals surface area contributed by atoms with E-state index in [2.05, 4.69) is 19.7 Å². The van der Waals surface area contributed by atoms with Crippen LogP contribution in [0.25, 0.3) is 11.5 Å². The lowest BCUT2D eigenvalue weighted by molar-refractivity contribution is -0.274. The third-order valence-electron chi connectivity index (χ3n) is 2.28. The van der Waals surface area contributed by atoms with E-state index < -0.39 is 41.2 Å². The molecule has 0 atom stereocenters. The van der Waals surface area contributed by atoms with Gasteiger partial charge in [-0.05, 0) is 25.1 Å². The number of halogens is 4. The predicted molar refractivity (Wildman–Crippen MR) is 62.3 cm³/mol. The summed E-state index contributed by atoms with van der Waals surface area (Å²) >= 11 is 0. The lowest BCUT2D eigenvalue weighted by Crippen LogP contribution is -2.17. The van der Waals surface area contributed by atoms with Crippen LogP contribution in [0.5, 0.6) is 5.75 Å². The number of ether oxygens (including phenoxy) is 2. The van der Waals surface area contributed by atoms with Crippen molar-refractivity contribution in [3.63, 3.8) is 0 Å². The van der Waals surface area contributed by atoms with Crippen LogP contribution in [0.4, 0.5) is 17.6 Å². The van der Waals surface area contributed by atoms with E-state index in [1.165, 1.54) is 0 Å². The summed E-state index contributed by atoms with van der Waals surface area (Å²) in [5.41, 5.74) is -0.440. The SMILES string of the molecule is CCOC(=O)c1nnc(-c2cc(OC(F)(F)F)ccc2F)o1. The molecular weight excluding hydrogens is 312 g/mol. The van der Waals surface area contributed by atoms with E-state index in [4.69, 9.17) is 4.42 Å². The van der Waals surface area contributed by atoms with Crippen molar-refractivity contribution in [2.24, 2.45) is 0 Å². The predicted octanol–water partition coefficient (Wildman–Crippen LogP) is 2.95. The smallest absolute Gasteiger partial charge is 0.459 e. The number of nitrogens with zero attached hydrogens (tertiary/aromatic N) is 2. The number of esters is 1. The van der Waals surface area contributed by atoms with Crippen molar-refractivity contribution in [1.29, 1.82) is 0 Å². The van der Waals surface area contributed by atoms with Gasteiger partial charge in [-0.3, -0.25) is 0 Å². The first-order chi connectivity index (χ1) is 10.3. The average Bonchev–Trinajstić information content (AvgIpc) is 2.89. The molecule has 0 aliphatic carbocycles. The van der Waals surface area contributed by atoms with E-state index in [9.17, 15) is 22.4 Å². The fourth-order valence-corrected chi connectivity index (χ4v) is 1.47. The van der Waals surface area contributed by atoms with Crippen molar-refractivity contribution < 1.29 is 36.2 Å². The molecule has 0 radical (unpaired) electrons. The van der Waals surface area contributed by atoms with Crippen molar-refractivity contribution in [3.8, 4) is 17.2 Å². The van der Waals surface area contributed by atoms with Crippen LogP contribution in [0, 0.1) is 5.82 Å². The van der Waals surface area contributed by atoms with Crippen LogP contribution >= 0.6 is 0 Å². The van der Waals surface area contributed by atoms with Gasteiger partial charge < -0.3 is 13.9 Å². The zero-order valence-electron chi connectivity index (χ0n) is 11.0. The largest absolute Gasteiger partial charge is 0.573 e. The molecule has 0 saturated heterocycles. The topological polar surface area (TPSA) is 74.5 Å². The highest BCUT2D eigenvalue weighted by Crippen LogP contribution is 2.29. The normalized spacial score (nSPS) is 11.3. The Hall–Kier alpha value is -2.65. The summed E-state index contributed by atoms with van der Waals surface area (Å²) in [6.07, 6.45) is -4.93. The molecule has 0 unspecified atom stereocenters. The van der Waals surface area contributed by atoms with Crippen LogP contribution in [0.1, 0.15) is 17.6 Å². The lowest BCUT2D eigenvalue weighted by atomic mass is 10.2. The highest BCUT2D eigenvalue weighted by Gasteiger charge is 2.31. The Labute approximate surface area is 120 Å². The van der Waals surface area contributed by atoms with E-state index >= 15 is 0 Å². The molecule has 0 aliphatic rings. The first-order valence-electron chi connectivity index (χ1n) is 5.86. The van der Waals surface area contributed by atoms with Crippen LogP contribution < -0.4 is 4.74 Å². The minimum Gasteiger partial charge on any atom is -0.459 e. The standard InChI is InChI=1S/C12H8F4N2O4/c1-2-20-11(19)10-18-17-9(21-10)7-5-6(3-4-8(7)13)22-12(14,15)16/h3-5H,2H2,1H3.